The van der Waals surface area contributed by atoms with Gasteiger partial charge in [0.15, 0.2) is 0 Å². The van der Waals surface area contributed by atoms with E-state index >= 15 is 0 Å². The molecule has 0 saturated heterocycles. The number of halogens is 1. The van der Waals surface area contributed by atoms with Gasteiger partial charge in [-0.2, -0.15) is 0 Å². The van der Waals surface area contributed by atoms with Crippen LogP contribution in [0, 0.1) is 0 Å². The summed E-state index contributed by atoms with van der Waals surface area (Å²) in [6.07, 6.45) is 0.879. The summed E-state index contributed by atoms with van der Waals surface area (Å²) >= 11 is 0. The number of ether oxygens (including phenoxy) is 1. The Bertz CT molecular complexity index is 80.2. The van der Waals surface area contributed by atoms with Crippen LogP contribution in [0.25, 0.3) is 0 Å². The summed E-state index contributed by atoms with van der Waals surface area (Å²) in [6, 6.07) is 0.729. The van der Waals surface area contributed by atoms with E-state index in [0.29, 0.717) is 0 Å². The molecule has 0 aromatic carbocycles. The molecule has 0 rings (SSSR count). The van der Waals surface area contributed by atoms with E-state index in [-0.39, 0.29) is 0 Å². The fourth-order valence-corrected chi connectivity index (χ4v) is 1.72. The van der Waals surface area contributed by atoms with Crippen LogP contribution in [0.3, 0.4) is 0 Å². The van der Waals surface area contributed by atoms with Crippen molar-refractivity contribution in [3.05, 3.63) is 0 Å². The lowest BCUT2D eigenvalue weighted by Crippen LogP contribution is -2.17. The third-order valence-corrected chi connectivity index (χ3v) is 2.81. The molecule has 0 fully saturated rings. The van der Waals surface area contributed by atoms with Gasteiger partial charge in [-0.3, -0.25) is 0 Å². The zero-order chi connectivity index (χ0) is 8.04. The molecule has 0 bridgehead atoms. The highest BCUT2D eigenvalue weighted by Gasteiger charge is 2.18. The predicted octanol–water partition coefficient (Wildman–Crippen LogP) is 2.59. The standard InChI is InChI=1S/C7H17FOSi/c1-4-9-6-5-7-10(2,3)8/h4-7H2,1-3H3. The van der Waals surface area contributed by atoms with Crippen LogP contribution in [0.15, 0.2) is 0 Å². The Balaban J connectivity index is 3.04. The van der Waals surface area contributed by atoms with Crippen molar-refractivity contribution in [3.63, 3.8) is 0 Å². The Kier molecular flexibility index (Phi) is 4.90. The van der Waals surface area contributed by atoms with E-state index in [1.54, 1.807) is 13.1 Å². The van der Waals surface area contributed by atoms with E-state index in [9.17, 15) is 4.11 Å². The van der Waals surface area contributed by atoms with Crippen LogP contribution >= 0.6 is 0 Å². The number of hydrogen-bond donors (Lipinski definition) is 0. The summed E-state index contributed by atoms with van der Waals surface area (Å²) in [5, 5.41) is 0. The molecule has 0 aromatic heterocycles. The van der Waals surface area contributed by atoms with Crippen LogP contribution in [-0.4, -0.2) is 21.6 Å². The summed E-state index contributed by atoms with van der Waals surface area (Å²) < 4.78 is 18.0. The first-order valence-electron chi connectivity index (χ1n) is 3.83. The first kappa shape index (κ1) is 10.1. The van der Waals surface area contributed by atoms with Crippen molar-refractivity contribution in [1.82, 2.24) is 0 Å². The van der Waals surface area contributed by atoms with Gasteiger partial charge < -0.3 is 8.84 Å². The number of rotatable bonds is 5. The van der Waals surface area contributed by atoms with E-state index in [1.807, 2.05) is 6.92 Å². The minimum atomic E-state index is -2.29. The van der Waals surface area contributed by atoms with E-state index in [0.717, 1.165) is 25.7 Å². The zero-order valence-corrected chi connectivity index (χ0v) is 8.11. The van der Waals surface area contributed by atoms with Crippen molar-refractivity contribution in [2.75, 3.05) is 13.2 Å². The Labute approximate surface area is 63.8 Å². The monoisotopic (exact) mass is 164 g/mol. The van der Waals surface area contributed by atoms with E-state index in [1.165, 1.54) is 0 Å². The fourth-order valence-electron chi connectivity index (χ4n) is 0.739. The van der Waals surface area contributed by atoms with Crippen molar-refractivity contribution in [2.24, 2.45) is 0 Å². The second-order valence-corrected chi connectivity index (χ2v) is 6.96. The minimum absolute atomic E-state index is 0.719. The molecule has 0 heterocycles. The quantitative estimate of drug-likeness (QED) is 0.345. The van der Waals surface area contributed by atoms with Gasteiger partial charge in [-0.05, 0) is 32.5 Å². The van der Waals surface area contributed by atoms with Gasteiger partial charge in [-0.25, -0.2) is 0 Å². The average molecular weight is 164 g/mol. The van der Waals surface area contributed by atoms with Gasteiger partial charge >= 0.3 is 0 Å². The molecule has 0 spiro atoms. The van der Waals surface area contributed by atoms with Crippen molar-refractivity contribution >= 4 is 8.41 Å². The summed E-state index contributed by atoms with van der Waals surface area (Å²) in [7, 11) is -2.29. The predicted molar refractivity (Wildman–Crippen MR) is 44.5 cm³/mol. The molecule has 10 heavy (non-hydrogen) atoms. The molecular formula is C7H17FOSi. The van der Waals surface area contributed by atoms with Gasteiger partial charge in [0.2, 0.25) is 8.41 Å². The molecule has 0 atom stereocenters. The normalized spacial score (nSPS) is 12.0. The van der Waals surface area contributed by atoms with Crippen LogP contribution in [0.5, 0.6) is 0 Å². The van der Waals surface area contributed by atoms with Gasteiger partial charge in [-0.15, -0.1) is 0 Å². The molecule has 0 aliphatic carbocycles. The van der Waals surface area contributed by atoms with E-state index in [4.69, 9.17) is 4.74 Å². The van der Waals surface area contributed by atoms with Gasteiger partial charge in [0.25, 0.3) is 0 Å². The summed E-state index contributed by atoms with van der Waals surface area (Å²) in [6.45, 7) is 6.89. The van der Waals surface area contributed by atoms with E-state index < -0.39 is 8.41 Å². The van der Waals surface area contributed by atoms with Crippen molar-refractivity contribution < 1.29 is 8.84 Å². The maximum Gasteiger partial charge on any atom is 0.241 e. The lowest BCUT2D eigenvalue weighted by molar-refractivity contribution is 0.148. The summed E-state index contributed by atoms with van der Waals surface area (Å²) in [5.74, 6) is 0. The highest BCUT2D eigenvalue weighted by molar-refractivity contribution is 6.70. The molecule has 0 aliphatic heterocycles. The molecule has 0 radical (unpaired) electrons. The highest BCUT2D eigenvalue weighted by Crippen LogP contribution is 2.12. The van der Waals surface area contributed by atoms with Gasteiger partial charge in [0, 0.05) is 13.2 Å². The minimum Gasteiger partial charge on any atom is -0.382 e. The first-order chi connectivity index (χ1) is 4.56. The Hall–Kier alpha value is 0.107. The third-order valence-electron chi connectivity index (χ3n) is 1.26. The maximum absolute atomic E-state index is 12.9. The van der Waals surface area contributed by atoms with Crippen molar-refractivity contribution in [1.29, 1.82) is 0 Å². The second kappa shape index (κ2) is 4.85. The lowest BCUT2D eigenvalue weighted by atomic mass is 10.5. The number of hydrogen-bond acceptors (Lipinski definition) is 1. The van der Waals surface area contributed by atoms with Crippen LogP contribution in [0.2, 0.25) is 19.1 Å². The largest absolute Gasteiger partial charge is 0.382 e. The Morgan fingerprint density at radius 1 is 1.40 bits per heavy atom. The smallest absolute Gasteiger partial charge is 0.241 e. The summed E-state index contributed by atoms with van der Waals surface area (Å²) in [5.41, 5.74) is 0. The first-order valence-corrected chi connectivity index (χ1v) is 6.91. The maximum atomic E-state index is 12.9. The van der Waals surface area contributed by atoms with Crippen LogP contribution in [0.4, 0.5) is 4.11 Å². The Morgan fingerprint density at radius 2 is 2.00 bits per heavy atom. The Morgan fingerprint density at radius 3 is 2.40 bits per heavy atom. The molecule has 3 heteroatoms. The van der Waals surface area contributed by atoms with Crippen LogP contribution in [-0.2, 0) is 4.74 Å². The van der Waals surface area contributed by atoms with Crippen molar-refractivity contribution in [3.8, 4) is 0 Å². The van der Waals surface area contributed by atoms with Crippen LogP contribution in [0.1, 0.15) is 13.3 Å². The lowest BCUT2D eigenvalue weighted by Gasteiger charge is -2.09. The van der Waals surface area contributed by atoms with Crippen molar-refractivity contribution in [2.45, 2.75) is 32.5 Å². The van der Waals surface area contributed by atoms with Crippen LogP contribution < -0.4 is 0 Å². The topological polar surface area (TPSA) is 9.23 Å². The molecule has 0 saturated carbocycles. The highest BCUT2D eigenvalue weighted by atomic mass is 28.4. The molecule has 0 aromatic rings. The zero-order valence-electron chi connectivity index (χ0n) is 7.11. The SMILES string of the molecule is CCOCCC[Si](C)(C)F. The molecule has 62 valence electrons. The van der Waals surface area contributed by atoms with E-state index in [2.05, 4.69) is 0 Å². The second-order valence-electron chi connectivity index (χ2n) is 3.02. The van der Waals surface area contributed by atoms with Gasteiger partial charge in [0.05, 0.1) is 0 Å². The van der Waals surface area contributed by atoms with Gasteiger partial charge in [-0.1, -0.05) is 0 Å². The molecular weight excluding hydrogens is 147 g/mol. The molecule has 0 amide bonds. The molecule has 1 nitrogen and oxygen atoms in total. The molecule has 0 N–H and O–H groups in total. The summed E-state index contributed by atoms with van der Waals surface area (Å²) in [4.78, 5) is 0. The van der Waals surface area contributed by atoms with Gasteiger partial charge in [0.1, 0.15) is 0 Å². The molecule has 0 aliphatic rings. The fraction of sp³-hybridized carbons (Fsp3) is 1.00. The third kappa shape index (κ3) is 8.11. The average Bonchev–Trinajstić information content (AvgIpc) is 1.78. The molecule has 0 unspecified atom stereocenters.